The Morgan fingerprint density at radius 3 is 2.90 bits per heavy atom. The number of hydrogen-bond acceptors (Lipinski definition) is 5. The molecule has 0 saturated carbocycles. The number of benzene rings is 1. The lowest BCUT2D eigenvalue weighted by Gasteiger charge is -2.35. The SMILES string of the molecule is CCCCn1c(=O)[nH]c(=O)c2c1nc(CN1CC(C)Oc3c(Cl)cccc31)n2C. The van der Waals surface area contributed by atoms with Crippen molar-refractivity contribution in [2.75, 3.05) is 11.4 Å². The van der Waals surface area contributed by atoms with E-state index in [1.165, 1.54) is 0 Å². The number of imidazole rings is 1. The van der Waals surface area contributed by atoms with Crippen LogP contribution in [0.25, 0.3) is 11.2 Å². The van der Waals surface area contributed by atoms with E-state index in [4.69, 9.17) is 21.3 Å². The van der Waals surface area contributed by atoms with Gasteiger partial charge in [-0.1, -0.05) is 31.0 Å². The van der Waals surface area contributed by atoms with E-state index in [2.05, 4.69) is 16.8 Å². The second-order valence-electron chi connectivity index (χ2n) is 7.42. The van der Waals surface area contributed by atoms with Gasteiger partial charge in [-0.25, -0.2) is 9.78 Å². The largest absolute Gasteiger partial charge is 0.485 e. The van der Waals surface area contributed by atoms with E-state index in [0.29, 0.717) is 47.4 Å². The summed E-state index contributed by atoms with van der Waals surface area (Å²) in [4.78, 5) is 34.0. The van der Waals surface area contributed by atoms with Crippen LogP contribution >= 0.6 is 11.6 Å². The summed E-state index contributed by atoms with van der Waals surface area (Å²) < 4.78 is 9.23. The van der Waals surface area contributed by atoms with E-state index in [1.54, 1.807) is 22.2 Å². The van der Waals surface area contributed by atoms with Crippen LogP contribution in [0.4, 0.5) is 5.69 Å². The lowest BCUT2D eigenvalue weighted by Crippen LogP contribution is -2.38. The standard InChI is InChI=1S/C20H24ClN5O3/c1-4-5-9-26-18-16(19(27)23-20(26)28)24(3)15(22-18)11-25-10-12(2)29-17-13(21)7-6-8-14(17)25/h6-8,12H,4-5,9-11H2,1-3H3,(H,23,27,28). The predicted octanol–water partition coefficient (Wildman–Crippen LogP) is 2.66. The lowest BCUT2D eigenvalue weighted by molar-refractivity contribution is 0.212. The topological polar surface area (TPSA) is 85.2 Å². The van der Waals surface area contributed by atoms with Crippen LogP contribution in [0.5, 0.6) is 5.75 Å². The molecule has 0 aliphatic carbocycles. The molecular formula is C20H24ClN5O3. The van der Waals surface area contributed by atoms with E-state index < -0.39 is 11.2 Å². The minimum absolute atomic E-state index is 0.0387. The van der Waals surface area contributed by atoms with Crippen molar-refractivity contribution in [1.29, 1.82) is 0 Å². The fourth-order valence-corrected chi connectivity index (χ4v) is 4.00. The van der Waals surface area contributed by atoms with Crippen molar-refractivity contribution < 1.29 is 4.74 Å². The molecule has 0 saturated heterocycles. The number of aromatic amines is 1. The number of aromatic nitrogens is 4. The van der Waals surface area contributed by atoms with Crippen LogP contribution in [-0.2, 0) is 20.1 Å². The van der Waals surface area contributed by atoms with Crippen LogP contribution in [0.15, 0.2) is 27.8 Å². The summed E-state index contributed by atoms with van der Waals surface area (Å²) in [6.45, 7) is 5.69. The van der Waals surface area contributed by atoms with E-state index in [0.717, 1.165) is 18.5 Å². The molecule has 2 aromatic heterocycles. The summed E-state index contributed by atoms with van der Waals surface area (Å²) in [5.74, 6) is 1.35. The maximum absolute atomic E-state index is 12.5. The maximum Gasteiger partial charge on any atom is 0.330 e. The number of H-pyrrole nitrogens is 1. The Labute approximate surface area is 172 Å². The van der Waals surface area contributed by atoms with E-state index in [9.17, 15) is 9.59 Å². The monoisotopic (exact) mass is 417 g/mol. The highest BCUT2D eigenvalue weighted by atomic mass is 35.5. The second kappa shape index (κ2) is 7.59. The summed E-state index contributed by atoms with van der Waals surface area (Å²) in [6, 6.07) is 5.65. The van der Waals surface area contributed by atoms with Gasteiger partial charge < -0.3 is 14.2 Å². The molecule has 9 heteroatoms. The van der Waals surface area contributed by atoms with Gasteiger partial charge in [-0.2, -0.15) is 0 Å². The van der Waals surface area contributed by atoms with Crippen molar-refractivity contribution in [1.82, 2.24) is 19.1 Å². The number of aryl methyl sites for hydroxylation is 2. The molecule has 1 atom stereocenters. The highest BCUT2D eigenvalue weighted by Crippen LogP contribution is 2.39. The van der Waals surface area contributed by atoms with Gasteiger partial charge in [0.15, 0.2) is 16.9 Å². The van der Waals surface area contributed by atoms with Gasteiger partial charge >= 0.3 is 5.69 Å². The summed E-state index contributed by atoms with van der Waals surface area (Å²) in [6.07, 6.45) is 1.73. The Morgan fingerprint density at radius 2 is 2.14 bits per heavy atom. The maximum atomic E-state index is 12.5. The number of halogens is 1. The van der Waals surface area contributed by atoms with Crippen molar-refractivity contribution in [3.05, 3.63) is 49.9 Å². The molecule has 0 spiro atoms. The normalized spacial score (nSPS) is 16.1. The van der Waals surface area contributed by atoms with Gasteiger partial charge in [0, 0.05) is 13.6 Å². The number of hydrogen-bond donors (Lipinski definition) is 1. The Bertz CT molecular complexity index is 1180. The quantitative estimate of drug-likeness (QED) is 0.689. The van der Waals surface area contributed by atoms with Crippen LogP contribution in [0.1, 0.15) is 32.5 Å². The van der Waals surface area contributed by atoms with E-state index >= 15 is 0 Å². The molecule has 29 heavy (non-hydrogen) atoms. The zero-order valence-corrected chi connectivity index (χ0v) is 17.5. The van der Waals surface area contributed by atoms with Crippen LogP contribution in [0.3, 0.4) is 0 Å². The molecule has 1 aromatic carbocycles. The van der Waals surface area contributed by atoms with Crippen molar-refractivity contribution in [2.45, 2.75) is 45.9 Å². The van der Waals surface area contributed by atoms with Crippen molar-refractivity contribution in [2.24, 2.45) is 7.05 Å². The summed E-state index contributed by atoms with van der Waals surface area (Å²) in [5, 5.41) is 0.564. The summed E-state index contributed by atoms with van der Waals surface area (Å²) in [5.41, 5.74) is 0.885. The van der Waals surface area contributed by atoms with E-state index in [-0.39, 0.29) is 6.10 Å². The molecule has 0 bridgehead atoms. The molecule has 3 aromatic rings. The Balaban J connectivity index is 1.79. The highest BCUT2D eigenvalue weighted by molar-refractivity contribution is 6.32. The zero-order chi connectivity index (χ0) is 20.7. The van der Waals surface area contributed by atoms with Crippen molar-refractivity contribution in [3.8, 4) is 5.75 Å². The number of nitrogens with zero attached hydrogens (tertiary/aromatic N) is 4. The van der Waals surface area contributed by atoms with Gasteiger partial charge in [0.1, 0.15) is 11.9 Å². The number of anilines is 1. The molecule has 1 aliphatic rings. The van der Waals surface area contributed by atoms with Gasteiger partial charge in [0.2, 0.25) is 0 Å². The highest BCUT2D eigenvalue weighted by Gasteiger charge is 2.27. The Morgan fingerprint density at radius 1 is 1.34 bits per heavy atom. The molecule has 0 fully saturated rings. The van der Waals surface area contributed by atoms with Crippen molar-refractivity contribution in [3.63, 3.8) is 0 Å². The third-order valence-corrected chi connectivity index (χ3v) is 5.55. The molecule has 1 aliphatic heterocycles. The molecule has 154 valence electrons. The minimum Gasteiger partial charge on any atom is -0.485 e. The average Bonchev–Trinajstić information content (AvgIpc) is 2.99. The van der Waals surface area contributed by atoms with Gasteiger partial charge in [0.25, 0.3) is 5.56 Å². The fourth-order valence-electron chi connectivity index (χ4n) is 3.79. The number of fused-ring (bicyclic) bond motifs is 2. The van der Waals surface area contributed by atoms with E-state index in [1.807, 2.05) is 19.1 Å². The Kier molecular flexibility index (Phi) is 5.12. The third kappa shape index (κ3) is 3.42. The second-order valence-corrected chi connectivity index (χ2v) is 7.83. The number of unbranched alkanes of at least 4 members (excludes halogenated alkanes) is 1. The third-order valence-electron chi connectivity index (χ3n) is 5.26. The van der Waals surface area contributed by atoms with Crippen LogP contribution in [0, 0.1) is 0 Å². The Hall–Kier alpha value is -2.74. The summed E-state index contributed by atoms with van der Waals surface area (Å²) >= 11 is 6.32. The van der Waals surface area contributed by atoms with Gasteiger partial charge in [-0.05, 0) is 25.5 Å². The molecule has 0 radical (unpaired) electrons. The van der Waals surface area contributed by atoms with Crippen LogP contribution in [-0.4, -0.2) is 31.8 Å². The lowest BCUT2D eigenvalue weighted by atomic mass is 10.2. The molecule has 1 N–H and O–H groups in total. The first-order valence-electron chi connectivity index (χ1n) is 9.79. The number of para-hydroxylation sites is 1. The van der Waals surface area contributed by atoms with Crippen LogP contribution < -0.4 is 20.9 Å². The molecule has 3 heterocycles. The number of rotatable bonds is 5. The van der Waals surface area contributed by atoms with Gasteiger partial charge in [-0.3, -0.25) is 14.3 Å². The predicted molar refractivity (Wildman–Crippen MR) is 113 cm³/mol. The van der Waals surface area contributed by atoms with Gasteiger partial charge in [0.05, 0.1) is 23.8 Å². The number of nitrogens with one attached hydrogen (secondary N) is 1. The van der Waals surface area contributed by atoms with Crippen LogP contribution in [0.2, 0.25) is 5.02 Å². The molecular weight excluding hydrogens is 394 g/mol. The molecule has 4 rings (SSSR count). The molecule has 8 nitrogen and oxygen atoms in total. The first-order chi connectivity index (χ1) is 13.9. The first kappa shape index (κ1) is 19.6. The fraction of sp³-hybridized carbons (Fsp3) is 0.450. The zero-order valence-electron chi connectivity index (χ0n) is 16.7. The average molecular weight is 418 g/mol. The van der Waals surface area contributed by atoms with Gasteiger partial charge in [-0.15, -0.1) is 0 Å². The summed E-state index contributed by atoms with van der Waals surface area (Å²) in [7, 11) is 1.80. The molecule has 1 unspecified atom stereocenters. The minimum atomic E-state index is -0.419. The smallest absolute Gasteiger partial charge is 0.330 e. The van der Waals surface area contributed by atoms with Crippen molar-refractivity contribution >= 4 is 28.5 Å². The number of ether oxygens (including phenoxy) is 1. The molecule has 0 amide bonds. The first-order valence-corrected chi connectivity index (χ1v) is 10.2.